The second-order valence-electron chi connectivity index (χ2n) is 5.89. The molecule has 0 unspecified atom stereocenters. The van der Waals surface area contributed by atoms with Crippen molar-refractivity contribution in [3.8, 4) is 17.2 Å². The van der Waals surface area contributed by atoms with Gasteiger partial charge >= 0.3 is 0 Å². The first-order valence-corrected chi connectivity index (χ1v) is 8.45. The molecule has 6 heteroatoms. The molecule has 0 aliphatic heterocycles. The highest BCUT2D eigenvalue weighted by Crippen LogP contribution is 2.25. The third kappa shape index (κ3) is 5.51. The number of aromatic hydroxyl groups is 1. The number of phenolic OH excluding ortho intramolecular Hbond substituents is 1. The first-order valence-electron chi connectivity index (χ1n) is 8.45. The monoisotopic (exact) mass is 356 g/mol. The van der Waals surface area contributed by atoms with Gasteiger partial charge in [-0.2, -0.15) is 5.10 Å². The average Bonchev–Trinajstić information content (AvgIpc) is 2.66. The van der Waals surface area contributed by atoms with Crippen LogP contribution in [0.15, 0.2) is 47.6 Å². The van der Waals surface area contributed by atoms with Crippen molar-refractivity contribution in [1.82, 2.24) is 5.43 Å². The summed E-state index contributed by atoms with van der Waals surface area (Å²) in [7, 11) is 1.47. The molecule has 138 valence electrons. The van der Waals surface area contributed by atoms with Crippen LogP contribution in [0.5, 0.6) is 17.2 Å². The Bertz CT molecular complexity index is 757. The highest BCUT2D eigenvalue weighted by atomic mass is 16.5. The Labute approximate surface area is 153 Å². The Morgan fingerprint density at radius 1 is 1.27 bits per heavy atom. The van der Waals surface area contributed by atoms with Gasteiger partial charge in [-0.3, -0.25) is 4.79 Å². The van der Waals surface area contributed by atoms with E-state index in [4.69, 9.17) is 9.47 Å². The summed E-state index contributed by atoms with van der Waals surface area (Å²) in [5, 5.41) is 13.5. The summed E-state index contributed by atoms with van der Waals surface area (Å²) >= 11 is 0. The number of nitrogens with one attached hydrogen (secondary N) is 1. The predicted molar refractivity (Wildman–Crippen MR) is 101 cm³/mol. The minimum absolute atomic E-state index is 0.00643. The van der Waals surface area contributed by atoms with Crippen LogP contribution in [-0.2, 0) is 4.79 Å². The maximum Gasteiger partial charge on any atom is 0.277 e. The van der Waals surface area contributed by atoms with Crippen molar-refractivity contribution < 1.29 is 19.4 Å². The van der Waals surface area contributed by atoms with Gasteiger partial charge in [-0.05, 0) is 53.8 Å². The summed E-state index contributed by atoms with van der Waals surface area (Å²) in [6.45, 7) is 4.19. The lowest BCUT2D eigenvalue weighted by Gasteiger charge is -2.10. The zero-order valence-corrected chi connectivity index (χ0v) is 15.2. The number of rotatable bonds is 8. The van der Waals surface area contributed by atoms with E-state index >= 15 is 0 Å². The van der Waals surface area contributed by atoms with E-state index in [9.17, 15) is 9.90 Å². The largest absolute Gasteiger partial charge is 0.504 e. The van der Waals surface area contributed by atoms with Gasteiger partial charge in [0, 0.05) is 0 Å². The standard InChI is InChI=1S/C20H24N2O4/c1-4-14(2)16-6-8-17(9-7-16)26-13-20(24)22-21-12-15-5-10-19(25-3)18(23)11-15/h5-12,14,23H,4,13H2,1-3H3,(H,22,24)/b21-12-/t14-/m0/s1. The predicted octanol–water partition coefficient (Wildman–Crippen LogP) is 3.44. The number of carbonyl (C=O) groups excluding carboxylic acids is 1. The molecule has 26 heavy (non-hydrogen) atoms. The molecule has 2 aromatic rings. The van der Waals surface area contributed by atoms with Crippen LogP contribution in [0, 0.1) is 0 Å². The Kier molecular flexibility index (Phi) is 7.02. The lowest BCUT2D eigenvalue weighted by atomic mass is 9.99. The van der Waals surface area contributed by atoms with Crippen LogP contribution in [0.4, 0.5) is 0 Å². The molecule has 2 rings (SSSR count). The second kappa shape index (κ2) is 9.46. The minimum atomic E-state index is -0.370. The number of hydrazone groups is 1. The molecule has 0 aromatic heterocycles. The summed E-state index contributed by atoms with van der Waals surface area (Å²) in [4.78, 5) is 11.8. The van der Waals surface area contributed by atoms with Crippen molar-refractivity contribution in [3.05, 3.63) is 53.6 Å². The van der Waals surface area contributed by atoms with Crippen LogP contribution in [0.1, 0.15) is 37.3 Å². The first kappa shape index (κ1) is 19.3. The molecule has 0 radical (unpaired) electrons. The smallest absolute Gasteiger partial charge is 0.277 e. The lowest BCUT2D eigenvalue weighted by Crippen LogP contribution is -2.24. The summed E-state index contributed by atoms with van der Waals surface area (Å²) in [5.41, 5.74) is 4.26. The molecule has 0 saturated carbocycles. The fraction of sp³-hybridized carbons (Fsp3) is 0.300. The zero-order chi connectivity index (χ0) is 18.9. The van der Waals surface area contributed by atoms with Crippen LogP contribution < -0.4 is 14.9 Å². The van der Waals surface area contributed by atoms with Crippen molar-refractivity contribution in [2.24, 2.45) is 5.10 Å². The van der Waals surface area contributed by atoms with Gasteiger partial charge in [0.15, 0.2) is 18.1 Å². The van der Waals surface area contributed by atoms with Crippen molar-refractivity contribution in [3.63, 3.8) is 0 Å². The van der Waals surface area contributed by atoms with Crippen LogP contribution in [0.3, 0.4) is 0 Å². The fourth-order valence-electron chi connectivity index (χ4n) is 2.28. The molecule has 1 atom stereocenters. The summed E-state index contributed by atoms with van der Waals surface area (Å²) in [6, 6.07) is 12.6. The normalized spacial score (nSPS) is 12.0. The van der Waals surface area contributed by atoms with Crippen molar-refractivity contribution in [1.29, 1.82) is 0 Å². The summed E-state index contributed by atoms with van der Waals surface area (Å²) in [6.07, 6.45) is 2.50. The number of ether oxygens (including phenoxy) is 2. The number of amides is 1. The SMILES string of the molecule is CC[C@H](C)c1ccc(OCC(=O)N/N=C\c2ccc(OC)c(O)c2)cc1. The van der Waals surface area contributed by atoms with Gasteiger partial charge in [0.2, 0.25) is 0 Å². The van der Waals surface area contributed by atoms with E-state index in [0.717, 1.165) is 6.42 Å². The van der Waals surface area contributed by atoms with Gasteiger partial charge in [-0.25, -0.2) is 5.43 Å². The van der Waals surface area contributed by atoms with Gasteiger partial charge in [0.25, 0.3) is 5.91 Å². The quantitative estimate of drug-likeness (QED) is 0.561. The summed E-state index contributed by atoms with van der Waals surface area (Å²) < 4.78 is 10.4. The third-order valence-corrected chi connectivity index (χ3v) is 4.04. The molecule has 0 bridgehead atoms. The van der Waals surface area contributed by atoms with E-state index in [-0.39, 0.29) is 18.3 Å². The summed E-state index contributed by atoms with van der Waals surface area (Å²) in [5.74, 6) is 1.14. The molecular formula is C20H24N2O4. The molecule has 0 saturated heterocycles. The number of phenols is 1. The van der Waals surface area contributed by atoms with Crippen molar-refractivity contribution in [2.45, 2.75) is 26.2 Å². The highest BCUT2D eigenvalue weighted by molar-refractivity contribution is 5.83. The molecule has 0 fully saturated rings. The third-order valence-electron chi connectivity index (χ3n) is 4.04. The number of nitrogens with zero attached hydrogens (tertiary/aromatic N) is 1. The van der Waals surface area contributed by atoms with E-state index in [1.807, 2.05) is 24.3 Å². The average molecular weight is 356 g/mol. The molecule has 0 aliphatic rings. The van der Waals surface area contributed by atoms with Gasteiger partial charge < -0.3 is 14.6 Å². The van der Waals surface area contributed by atoms with Crippen LogP contribution in [0.25, 0.3) is 0 Å². The fourth-order valence-corrected chi connectivity index (χ4v) is 2.28. The molecular weight excluding hydrogens is 332 g/mol. The number of methoxy groups -OCH3 is 1. The molecule has 2 N–H and O–H groups in total. The van der Waals surface area contributed by atoms with Gasteiger partial charge in [0.05, 0.1) is 13.3 Å². The first-order chi connectivity index (χ1) is 12.5. The van der Waals surface area contributed by atoms with Crippen molar-refractivity contribution in [2.75, 3.05) is 13.7 Å². The van der Waals surface area contributed by atoms with E-state index < -0.39 is 0 Å². The van der Waals surface area contributed by atoms with Gasteiger partial charge in [-0.15, -0.1) is 0 Å². The molecule has 0 heterocycles. The molecule has 1 amide bonds. The number of carbonyl (C=O) groups is 1. The lowest BCUT2D eigenvalue weighted by molar-refractivity contribution is -0.123. The van der Waals surface area contributed by atoms with E-state index in [1.165, 1.54) is 25.0 Å². The zero-order valence-electron chi connectivity index (χ0n) is 15.2. The molecule has 0 spiro atoms. The molecule has 6 nitrogen and oxygen atoms in total. The van der Waals surface area contributed by atoms with E-state index in [1.54, 1.807) is 12.1 Å². The van der Waals surface area contributed by atoms with Crippen molar-refractivity contribution >= 4 is 12.1 Å². The Hall–Kier alpha value is -3.02. The Morgan fingerprint density at radius 3 is 2.62 bits per heavy atom. The second-order valence-corrected chi connectivity index (χ2v) is 5.89. The van der Waals surface area contributed by atoms with Gasteiger partial charge in [0.1, 0.15) is 5.75 Å². The maximum absolute atomic E-state index is 11.8. The molecule has 2 aromatic carbocycles. The van der Waals surface area contributed by atoms with E-state index in [2.05, 4.69) is 24.4 Å². The van der Waals surface area contributed by atoms with Gasteiger partial charge in [-0.1, -0.05) is 26.0 Å². The van der Waals surface area contributed by atoms with Crippen LogP contribution in [-0.4, -0.2) is 30.9 Å². The number of hydrogen-bond acceptors (Lipinski definition) is 5. The number of benzene rings is 2. The van der Waals surface area contributed by atoms with Crippen LogP contribution >= 0.6 is 0 Å². The minimum Gasteiger partial charge on any atom is -0.504 e. The Balaban J connectivity index is 1.80. The molecule has 0 aliphatic carbocycles. The Morgan fingerprint density at radius 2 is 2.00 bits per heavy atom. The number of hydrogen-bond donors (Lipinski definition) is 2. The van der Waals surface area contributed by atoms with Crippen LogP contribution in [0.2, 0.25) is 0 Å². The topological polar surface area (TPSA) is 80.2 Å². The van der Waals surface area contributed by atoms with E-state index in [0.29, 0.717) is 23.0 Å². The highest BCUT2D eigenvalue weighted by Gasteiger charge is 2.05. The maximum atomic E-state index is 11.8.